The normalized spacial score (nSPS) is 12.4. The molecule has 15 nitrogen and oxygen atoms in total. The minimum absolute atomic E-state index is 0.597. The molecule has 16 aromatic heterocycles. The summed E-state index contributed by atoms with van der Waals surface area (Å²) < 4.78 is 37.0. The molecular formula is C115H68N14OS2. The van der Waals surface area contributed by atoms with Gasteiger partial charge < -0.3 is 8.98 Å². The average Bonchev–Trinajstić information content (AvgIpc) is 1.55. The summed E-state index contributed by atoms with van der Waals surface area (Å²) in [7, 11) is 0. The van der Waals surface area contributed by atoms with Gasteiger partial charge in [0.2, 0.25) is 0 Å². The molecule has 16 aromatic carbocycles. The molecule has 16 heterocycles. The fourth-order valence-electron chi connectivity index (χ4n) is 22.0. The first-order valence-electron chi connectivity index (χ1n) is 44.5. The number of nitrogens with zero attached hydrogens (tertiary/aromatic N) is 14. The van der Waals surface area contributed by atoms with Crippen molar-refractivity contribution < 1.29 is 4.42 Å². The van der Waals surface area contributed by atoms with E-state index in [4.69, 9.17) is 19.4 Å². The minimum atomic E-state index is 0.597. The number of pyridine rings is 2. The Labute approximate surface area is 755 Å². The summed E-state index contributed by atoms with van der Waals surface area (Å²) in [4.78, 5) is 15.0. The summed E-state index contributed by atoms with van der Waals surface area (Å²) in [5.41, 5.74) is 31.7. The SMILES string of the molecule is c1ccc2c(c1)cc1n(-c3ccc4cc5n(-c6cccc7c6nc6oc8ccccc8n67)c6ccccc6n5c4c3)c3ccccc3n21.c1ccc2c(c1)cc1n(-c3ccc4sc5c(-n6c7ccccc7c7ccccc76)nccc5c4c3)c3ccccc3n21.c1ccc2c(c1)sc1c(-n3c4ccccc4n4c5cc(-n6c7ccccc7c7ccccc76)ccc5cc34)nccc12. The Morgan fingerprint density at radius 3 is 1.11 bits per heavy atom. The van der Waals surface area contributed by atoms with Gasteiger partial charge in [-0.25, -0.2) is 9.97 Å². The number of rotatable bonds is 6. The maximum Gasteiger partial charge on any atom is 0.307 e. The summed E-state index contributed by atoms with van der Waals surface area (Å²) in [6.07, 6.45) is 3.91. The average molecular weight is 1730 g/mol. The number of hydrogen-bond acceptors (Lipinski definition) is 6. The van der Waals surface area contributed by atoms with Crippen LogP contribution in [-0.2, 0) is 0 Å². The monoisotopic (exact) mass is 1720 g/mol. The number of oxazole rings is 1. The predicted molar refractivity (Wildman–Crippen MR) is 547 cm³/mol. The zero-order valence-electron chi connectivity index (χ0n) is 70.2. The van der Waals surface area contributed by atoms with E-state index < -0.39 is 0 Å². The maximum atomic E-state index is 6.19. The topological polar surface area (TPSA) is 103 Å². The summed E-state index contributed by atoms with van der Waals surface area (Å²) in [5.74, 6) is 2.56. The maximum absolute atomic E-state index is 6.19. The Morgan fingerprint density at radius 2 is 0.576 bits per heavy atom. The van der Waals surface area contributed by atoms with Gasteiger partial charge in [-0.1, -0.05) is 206 Å². The van der Waals surface area contributed by atoms with Crippen molar-refractivity contribution in [3.63, 3.8) is 0 Å². The van der Waals surface area contributed by atoms with Crippen LogP contribution < -0.4 is 0 Å². The molecule has 0 aliphatic heterocycles. The van der Waals surface area contributed by atoms with Crippen LogP contribution in [0.15, 0.2) is 417 Å². The third kappa shape index (κ3) is 9.92. The molecule has 616 valence electrons. The van der Waals surface area contributed by atoms with Gasteiger partial charge in [-0.15, -0.1) is 22.7 Å². The Morgan fingerprint density at radius 1 is 0.212 bits per heavy atom. The number of benzene rings is 16. The largest absolute Gasteiger partial charge is 0.423 e. The van der Waals surface area contributed by atoms with Crippen LogP contribution >= 0.6 is 22.7 Å². The summed E-state index contributed by atoms with van der Waals surface area (Å²) >= 11 is 3.64. The number of hydrogen-bond donors (Lipinski definition) is 0. The van der Waals surface area contributed by atoms with Crippen LogP contribution in [0.3, 0.4) is 0 Å². The molecule has 0 N–H and O–H groups in total. The van der Waals surface area contributed by atoms with Gasteiger partial charge in [0.05, 0.1) is 114 Å². The number of aromatic nitrogens is 14. The van der Waals surface area contributed by atoms with E-state index in [9.17, 15) is 0 Å². The first kappa shape index (κ1) is 71.6. The van der Waals surface area contributed by atoms with Gasteiger partial charge in [0, 0.05) is 103 Å². The highest BCUT2D eigenvalue weighted by atomic mass is 32.1. The fraction of sp³-hybridized carbons (Fsp3) is 0. The van der Waals surface area contributed by atoms with Crippen LogP contribution in [0.25, 0.3) is 257 Å². The Bertz CT molecular complexity index is 10500. The molecule has 0 spiro atoms. The van der Waals surface area contributed by atoms with Gasteiger partial charge in [-0.3, -0.25) is 44.8 Å². The molecular weight excluding hydrogens is 1660 g/mol. The van der Waals surface area contributed by atoms with Crippen LogP contribution in [0.4, 0.5) is 0 Å². The van der Waals surface area contributed by atoms with Crippen molar-refractivity contribution >= 4 is 245 Å². The van der Waals surface area contributed by atoms with E-state index in [1.165, 1.54) is 155 Å². The van der Waals surface area contributed by atoms with Crippen molar-refractivity contribution in [1.29, 1.82) is 0 Å². The first-order valence-corrected chi connectivity index (χ1v) is 46.1. The third-order valence-corrected chi connectivity index (χ3v) is 29.8. The molecule has 0 atom stereocenters. The number of imidazole rings is 5. The lowest BCUT2D eigenvalue weighted by atomic mass is 10.1. The van der Waals surface area contributed by atoms with E-state index in [1.807, 2.05) is 53.3 Å². The number of thiophene rings is 2. The minimum Gasteiger partial charge on any atom is -0.423 e. The van der Waals surface area contributed by atoms with Gasteiger partial charge in [0.1, 0.15) is 28.1 Å². The van der Waals surface area contributed by atoms with Gasteiger partial charge in [-0.2, -0.15) is 4.98 Å². The van der Waals surface area contributed by atoms with Crippen molar-refractivity contribution in [3.8, 4) is 34.4 Å². The highest BCUT2D eigenvalue weighted by Crippen LogP contribution is 2.47. The van der Waals surface area contributed by atoms with E-state index in [-0.39, 0.29) is 0 Å². The molecule has 32 aromatic rings. The van der Waals surface area contributed by atoms with Crippen LogP contribution in [0, 0.1) is 0 Å². The lowest BCUT2D eigenvalue weighted by Gasteiger charge is -2.08. The smallest absolute Gasteiger partial charge is 0.307 e. The highest BCUT2D eigenvalue weighted by molar-refractivity contribution is 7.26. The van der Waals surface area contributed by atoms with E-state index in [2.05, 4.69) is 432 Å². The number of fused-ring (bicyclic) bond motifs is 37. The fourth-order valence-corrected chi connectivity index (χ4v) is 24.3. The van der Waals surface area contributed by atoms with Crippen LogP contribution in [0.1, 0.15) is 0 Å². The van der Waals surface area contributed by atoms with Crippen LogP contribution in [0.2, 0.25) is 0 Å². The molecule has 0 bridgehead atoms. The molecule has 0 fully saturated rings. The summed E-state index contributed by atoms with van der Waals surface area (Å²) in [6, 6.07) is 144. The standard InChI is InChI=1S/C41H24N6O.2C37H22N4S/c1-2-11-28-25(10-1)22-38-43(29-12-3-4-13-30(29)44(28)38)27-21-20-26-23-39-45(31-14-5-6-15-32(31)46(39)36(26)24-27)34-17-9-18-35-40(34)42-41-47(35)33-16-7-8-19-37(33)48-41;1-4-12-29-25(9-1)26-10-2-5-13-30(26)39(29)24-18-17-23-21-35-40(33(23)22-24)31-14-6-7-15-32(31)41(35)37-36-28(19-20-38-37)27-11-3-8-16-34(27)42-36;1-4-12-29-23(9-1)21-35-39(32-15-7-8-16-33(32)40(29)35)24-17-18-34-28(22-24)27-19-20-38-37(36(27)42-34)41-30-13-5-2-10-25(30)26-11-3-6-14-31(26)41/h1-24H;2*1-22H. The first-order chi connectivity index (χ1) is 65.5. The van der Waals surface area contributed by atoms with Crippen LogP contribution in [0.5, 0.6) is 0 Å². The van der Waals surface area contributed by atoms with Gasteiger partial charge >= 0.3 is 5.84 Å². The van der Waals surface area contributed by atoms with Gasteiger partial charge in [-0.05, 0) is 194 Å². The second-order valence-corrected chi connectivity index (χ2v) is 36.4. The van der Waals surface area contributed by atoms with Gasteiger partial charge in [0.25, 0.3) is 0 Å². The molecule has 132 heavy (non-hydrogen) atoms. The third-order valence-electron chi connectivity index (χ3n) is 27.5. The molecule has 17 heteroatoms. The van der Waals surface area contributed by atoms with E-state index in [1.54, 1.807) is 0 Å². The van der Waals surface area contributed by atoms with E-state index in [0.29, 0.717) is 5.84 Å². The molecule has 0 unspecified atom stereocenters. The predicted octanol–water partition coefficient (Wildman–Crippen LogP) is 29.7. The van der Waals surface area contributed by atoms with E-state index >= 15 is 0 Å². The molecule has 0 amide bonds. The zero-order chi connectivity index (χ0) is 85.8. The zero-order valence-corrected chi connectivity index (χ0v) is 71.9. The second kappa shape index (κ2) is 27.0. The highest BCUT2D eigenvalue weighted by Gasteiger charge is 2.28. The summed E-state index contributed by atoms with van der Waals surface area (Å²) in [5, 5.41) is 14.9. The molecule has 0 aliphatic carbocycles. The lowest BCUT2D eigenvalue weighted by Crippen LogP contribution is -1.97. The van der Waals surface area contributed by atoms with Crippen molar-refractivity contribution in [2.24, 2.45) is 0 Å². The molecule has 0 saturated carbocycles. The van der Waals surface area contributed by atoms with Gasteiger partial charge in [0.15, 0.2) is 17.2 Å². The Kier molecular flexibility index (Phi) is 14.7. The second-order valence-electron chi connectivity index (χ2n) is 34.3. The van der Waals surface area contributed by atoms with Crippen molar-refractivity contribution in [3.05, 3.63) is 413 Å². The quantitative estimate of drug-likeness (QED) is 0.165. The molecule has 0 saturated heterocycles. The summed E-state index contributed by atoms with van der Waals surface area (Å²) in [6.45, 7) is 0. The number of para-hydroxylation sites is 17. The van der Waals surface area contributed by atoms with Crippen molar-refractivity contribution in [2.45, 2.75) is 0 Å². The van der Waals surface area contributed by atoms with Crippen LogP contribution in [-0.4, -0.2) is 64.4 Å². The lowest BCUT2D eigenvalue weighted by molar-refractivity contribution is 0.643. The van der Waals surface area contributed by atoms with Crippen molar-refractivity contribution in [2.75, 3.05) is 0 Å². The Hall–Kier alpha value is -17.5. The Balaban J connectivity index is 0.0000000953. The van der Waals surface area contributed by atoms with Crippen molar-refractivity contribution in [1.82, 2.24) is 64.4 Å². The van der Waals surface area contributed by atoms with E-state index in [0.717, 1.165) is 95.5 Å². The molecule has 32 rings (SSSR count). The molecule has 0 radical (unpaired) electrons. The molecule has 0 aliphatic rings.